The van der Waals surface area contributed by atoms with Gasteiger partial charge in [-0.15, -0.1) is 0 Å². The Morgan fingerprint density at radius 2 is 1.83 bits per heavy atom. The number of anilines is 1. The number of nitrogens with zero attached hydrogens (tertiary/aromatic N) is 1. The number of carbonyl (C=O) groups is 2. The maximum absolute atomic E-state index is 13.7. The van der Waals surface area contributed by atoms with Crippen molar-refractivity contribution in [3.05, 3.63) is 70.4 Å². The Hall–Kier alpha value is -2.51. The number of aromatic carboxylic acids is 1. The number of benzene rings is 2. The number of carbonyl (C=O) groups excluding carboxylic acids is 1. The highest BCUT2D eigenvalue weighted by atomic mass is 32.2. The lowest BCUT2D eigenvalue weighted by Gasteiger charge is -2.14. The van der Waals surface area contributed by atoms with E-state index in [0.29, 0.717) is 20.5 Å². The molecule has 1 saturated heterocycles. The molecule has 0 saturated carbocycles. The summed E-state index contributed by atoms with van der Waals surface area (Å²) in [6.07, 6.45) is 1.46. The Balaban J connectivity index is 1.92. The summed E-state index contributed by atoms with van der Waals surface area (Å²) in [4.78, 5) is 25.1. The molecule has 24 heavy (non-hydrogen) atoms. The zero-order chi connectivity index (χ0) is 17.3. The molecule has 4 nitrogen and oxygen atoms in total. The van der Waals surface area contributed by atoms with Gasteiger partial charge in [-0.05, 0) is 36.4 Å². The zero-order valence-electron chi connectivity index (χ0n) is 12.1. The van der Waals surface area contributed by atoms with Crippen LogP contribution in [0, 0.1) is 5.82 Å². The third-order valence-corrected chi connectivity index (χ3v) is 4.66. The molecule has 7 heteroatoms. The van der Waals surface area contributed by atoms with Crippen LogP contribution in [-0.4, -0.2) is 21.3 Å². The second-order valence-electron chi connectivity index (χ2n) is 4.89. The van der Waals surface area contributed by atoms with Gasteiger partial charge in [0.25, 0.3) is 5.91 Å². The van der Waals surface area contributed by atoms with Crippen molar-refractivity contribution in [3.63, 3.8) is 0 Å². The van der Waals surface area contributed by atoms with Crippen LogP contribution < -0.4 is 4.90 Å². The average molecular weight is 359 g/mol. The topological polar surface area (TPSA) is 57.6 Å². The highest BCUT2D eigenvalue weighted by Gasteiger charge is 2.33. The van der Waals surface area contributed by atoms with Crippen LogP contribution in [0.3, 0.4) is 0 Å². The van der Waals surface area contributed by atoms with Crippen molar-refractivity contribution >= 4 is 51.9 Å². The van der Waals surface area contributed by atoms with Crippen LogP contribution in [0.5, 0.6) is 0 Å². The molecule has 0 bridgehead atoms. The van der Waals surface area contributed by atoms with E-state index < -0.39 is 11.8 Å². The van der Waals surface area contributed by atoms with E-state index in [2.05, 4.69) is 0 Å². The van der Waals surface area contributed by atoms with E-state index in [4.69, 9.17) is 17.3 Å². The van der Waals surface area contributed by atoms with Crippen LogP contribution in [-0.2, 0) is 4.79 Å². The van der Waals surface area contributed by atoms with Gasteiger partial charge < -0.3 is 5.11 Å². The lowest BCUT2D eigenvalue weighted by atomic mass is 10.2. The standard InChI is InChI=1S/C17H10FNO3S2/c18-13-4-2-1-3-11(13)9-14-15(20)19(17(23)24-14)12-7-5-10(6-8-12)16(21)22/h1-9H,(H,21,22)/b14-9+. The van der Waals surface area contributed by atoms with E-state index in [9.17, 15) is 14.0 Å². The minimum atomic E-state index is -1.05. The number of amides is 1. The van der Waals surface area contributed by atoms with Crippen molar-refractivity contribution in [2.24, 2.45) is 0 Å². The molecule has 1 fully saturated rings. The van der Waals surface area contributed by atoms with Gasteiger partial charge in [0.1, 0.15) is 5.82 Å². The van der Waals surface area contributed by atoms with Gasteiger partial charge in [-0.1, -0.05) is 42.2 Å². The molecule has 1 amide bonds. The number of rotatable bonds is 3. The molecule has 1 heterocycles. The zero-order valence-corrected chi connectivity index (χ0v) is 13.7. The summed E-state index contributed by atoms with van der Waals surface area (Å²) in [5, 5.41) is 8.92. The number of carboxylic acid groups (broad SMARTS) is 1. The normalized spacial score (nSPS) is 16.0. The molecule has 0 radical (unpaired) electrons. The van der Waals surface area contributed by atoms with E-state index in [1.54, 1.807) is 18.2 Å². The van der Waals surface area contributed by atoms with Gasteiger partial charge in [0, 0.05) is 5.56 Å². The first-order valence-electron chi connectivity index (χ1n) is 6.83. The summed E-state index contributed by atoms with van der Waals surface area (Å²) < 4.78 is 14.1. The highest BCUT2D eigenvalue weighted by Crippen LogP contribution is 2.36. The predicted octanol–water partition coefficient (Wildman–Crippen LogP) is 3.93. The number of hydrogen-bond donors (Lipinski definition) is 1. The van der Waals surface area contributed by atoms with E-state index in [0.717, 1.165) is 11.8 Å². The maximum atomic E-state index is 13.7. The SMILES string of the molecule is O=C(O)c1ccc(N2C(=O)/C(=C\c3ccccc3F)SC2=S)cc1. The van der Waals surface area contributed by atoms with Crippen LogP contribution in [0.15, 0.2) is 53.4 Å². The molecule has 1 N–H and O–H groups in total. The van der Waals surface area contributed by atoms with Crippen molar-refractivity contribution < 1.29 is 19.1 Å². The lowest BCUT2D eigenvalue weighted by molar-refractivity contribution is -0.113. The molecule has 1 aliphatic rings. The molecule has 120 valence electrons. The molecule has 0 spiro atoms. The molecule has 1 aliphatic heterocycles. The predicted molar refractivity (Wildman–Crippen MR) is 95.5 cm³/mol. The van der Waals surface area contributed by atoms with E-state index >= 15 is 0 Å². The fourth-order valence-corrected chi connectivity index (χ4v) is 3.47. The summed E-state index contributed by atoms with van der Waals surface area (Å²) in [5.41, 5.74) is 0.893. The van der Waals surface area contributed by atoms with E-state index in [1.165, 1.54) is 41.3 Å². The van der Waals surface area contributed by atoms with Crippen molar-refractivity contribution in [1.82, 2.24) is 0 Å². The number of carboxylic acids is 1. The van der Waals surface area contributed by atoms with Crippen LogP contribution in [0.2, 0.25) is 0 Å². The summed E-state index contributed by atoms with van der Waals surface area (Å²) in [5.74, 6) is -1.84. The van der Waals surface area contributed by atoms with Crippen molar-refractivity contribution in [2.45, 2.75) is 0 Å². The van der Waals surface area contributed by atoms with Gasteiger partial charge in [0.15, 0.2) is 4.32 Å². The Labute approximate surface area is 146 Å². The molecular weight excluding hydrogens is 349 g/mol. The minimum Gasteiger partial charge on any atom is -0.478 e. The third-order valence-electron chi connectivity index (χ3n) is 3.36. The van der Waals surface area contributed by atoms with Gasteiger partial charge in [-0.2, -0.15) is 0 Å². The van der Waals surface area contributed by atoms with Gasteiger partial charge in [-0.25, -0.2) is 9.18 Å². The monoisotopic (exact) mass is 359 g/mol. The first-order valence-corrected chi connectivity index (χ1v) is 8.05. The Morgan fingerprint density at radius 3 is 2.46 bits per heavy atom. The largest absolute Gasteiger partial charge is 0.478 e. The van der Waals surface area contributed by atoms with Gasteiger partial charge >= 0.3 is 5.97 Å². The maximum Gasteiger partial charge on any atom is 0.335 e. The van der Waals surface area contributed by atoms with Crippen LogP contribution in [0.4, 0.5) is 10.1 Å². The first kappa shape index (κ1) is 16.4. The van der Waals surface area contributed by atoms with E-state index in [1.807, 2.05) is 0 Å². The third kappa shape index (κ3) is 3.08. The van der Waals surface area contributed by atoms with Crippen LogP contribution in [0.25, 0.3) is 6.08 Å². The van der Waals surface area contributed by atoms with Crippen LogP contribution in [0.1, 0.15) is 15.9 Å². The average Bonchev–Trinajstić information content (AvgIpc) is 2.84. The molecule has 2 aromatic carbocycles. The van der Waals surface area contributed by atoms with Gasteiger partial charge in [0.05, 0.1) is 16.2 Å². The number of hydrogen-bond acceptors (Lipinski definition) is 4. The fraction of sp³-hybridized carbons (Fsp3) is 0. The van der Waals surface area contributed by atoms with Gasteiger partial charge in [-0.3, -0.25) is 9.69 Å². The fourth-order valence-electron chi connectivity index (χ4n) is 2.18. The van der Waals surface area contributed by atoms with E-state index in [-0.39, 0.29) is 11.5 Å². The lowest BCUT2D eigenvalue weighted by Crippen LogP contribution is -2.27. The van der Waals surface area contributed by atoms with Crippen molar-refractivity contribution in [2.75, 3.05) is 4.90 Å². The first-order chi connectivity index (χ1) is 11.5. The van der Waals surface area contributed by atoms with Crippen molar-refractivity contribution in [3.8, 4) is 0 Å². The summed E-state index contributed by atoms with van der Waals surface area (Å²) in [6.45, 7) is 0. The smallest absolute Gasteiger partial charge is 0.335 e. The summed E-state index contributed by atoms with van der Waals surface area (Å²) >= 11 is 6.30. The quantitative estimate of drug-likeness (QED) is 0.665. The molecule has 2 aromatic rings. The second kappa shape index (κ2) is 6.54. The summed E-state index contributed by atoms with van der Waals surface area (Å²) in [7, 11) is 0. The minimum absolute atomic E-state index is 0.117. The molecular formula is C17H10FNO3S2. The highest BCUT2D eigenvalue weighted by molar-refractivity contribution is 8.27. The van der Waals surface area contributed by atoms with Gasteiger partial charge in [0.2, 0.25) is 0 Å². The number of thioether (sulfide) groups is 1. The molecule has 0 atom stereocenters. The van der Waals surface area contributed by atoms with Crippen LogP contribution >= 0.6 is 24.0 Å². The number of thiocarbonyl (C=S) groups is 1. The Bertz CT molecular complexity index is 878. The second-order valence-corrected chi connectivity index (χ2v) is 6.57. The van der Waals surface area contributed by atoms with Crippen molar-refractivity contribution in [1.29, 1.82) is 0 Å². The molecule has 0 aliphatic carbocycles. The Kier molecular flexibility index (Phi) is 4.46. The number of halogens is 1. The molecule has 3 rings (SSSR count). The molecule has 0 unspecified atom stereocenters. The Morgan fingerprint density at radius 1 is 1.17 bits per heavy atom. The molecule has 0 aromatic heterocycles. The summed E-state index contributed by atoms with van der Waals surface area (Å²) in [6, 6.07) is 12.0.